The smallest absolute Gasteiger partial charge is 0.283 e. The highest BCUT2D eigenvalue weighted by Crippen LogP contribution is 2.41. The fraction of sp³-hybridized carbons (Fsp3) is 0.333. The van der Waals surface area contributed by atoms with Gasteiger partial charge in [0.1, 0.15) is 17.1 Å². The van der Waals surface area contributed by atoms with Gasteiger partial charge in [-0.05, 0) is 52.9 Å². The SMILES string of the molecule is CC12COC(CCc3ccc(C(O)(c4ccc(O)cc4)c4ccc(O)cc4)cc3)(OC1)OC2. The van der Waals surface area contributed by atoms with E-state index in [1.165, 1.54) is 0 Å². The van der Waals surface area contributed by atoms with Crippen LogP contribution in [0.3, 0.4) is 0 Å². The molecule has 3 fully saturated rings. The minimum atomic E-state index is -1.45. The molecular weight excluding hydrogens is 420 g/mol. The Morgan fingerprint density at radius 1 is 0.697 bits per heavy atom. The van der Waals surface area contributed by atoms with Gasteiger partial charge in [0.2, 0.25) is 0 Å². The molecule has 0 amide bonds. The van der Waals surface area contributed by atoms with Gasteiger partial charge in [-0.3, -0.25) is 0 Å². The summed E-state index contributed by atoms with van der Waals surface area (Å²) in [4.78, 5) is 0. The fourth-order valence-corrected chi connectivity index (χ4v) is 4.43. The van der Waals surface area contributed by atoms with E-state index in [-0.39, 0.29) is 16.9 Å². The Hall–Kier alpha value is -2.90. The van der Waals surface area contributed by atoms with Crippen LogP contribution in [0, 0.1) is 5.41 Å². The van der Waals surface area contributed by atoms with E-state index in [9.17, 15) is 15.3 Å². The van der Waals surface area contributed by atoms with Gasteiger partial charge in [-0.1, -0.05) is 55.5 Å². The Balaban J connectivity index is 1.40. The highest BCUT2D eigenvalue weighted by atomic mass is 16.9. The van der Waals surface area contributed by atoms with Crippen molar-refractivity contribution >= 4 is 0 Å². The molecule has 3 N–H and O–H groups in total. The number of ether oxygens (including phenoxy) is 3. The minimum Gasteiger partial charge on any atom is -0.508 e. The lowest BCUT2D eigenvalue weighted by Gasteiger charge is -2.50. The quantitative estimate of drug-likeness (QED) is 0.493. The van der Waals surface area contributed by atoms with Gasteiger partial charge >= 0.3 is 0 Å². The van der Waals surface area contributed by atoms with Crippen LogP contribution in [0.4, 0.5) is 0 Å². The molecule has 0 radical (unpaired) electrons. The molecule has 2 bridgehead atoms. The first kappa shape index (κ1) is 21.9. The lowest BCUT2D eigenvalue weighted by molar-refractivity contribution is -0.467. The van der Waals surface area contributed by atoms with Gasteiger partial charge < -0.3 is 29.5 Å². The molecule has 6 rings (SSSR count). The Bertz CT molecular complexity index is 1030. The summed E-state index contributed by atoms with van der Waals surface area (Å²) in [6.07, 6.45) is 1.29. The zero-order chi connectivity index (χ0) is 23.1. The Kier molecular flexibility index (Phi) is 5.41. The van der Waals surface area contributed by atoms with E-state index in [2.05, 4.69) is 6.92 Å². The summed E-state index contributed by atoms with van der Waals surface area (Å²) in [5.74, 6) is -0.715. The summed E-state index contributed by atoms with van der Waals surface area (Å²) in [6.45, 7) is 4.01. The van der Waals surface area contributed by atoms with Crippen LogP contribution < -0.4 is 0 Å². The first-order valence-corrected chi connectivity index (χ1v) is 11.1. The number of aromatic hydroxyl groups is 2. The lowest BCUT2D eigenvalue weighted by atomic mass is 9.80. The molecule has 0 atom stereocenters. The largest absolute Gasteiger partial charge is 0.508 e. The van der Waals surface area contributed by atoms with Gasteiger partial charge in [0, 0.05) is 11.8 Å². The highest BCUT2D eigenvalue weighted by molar-refractivity contribution is 5.49. The third-order valence-electron chi connectivity index (χ3n) is 6.58. The predicted molar refractivity (Wildman–Crippen MR) is 122 cm³/mol. The van der Waals surface area contributed by atoms with Crippen LogP contribution in [0.5, 0.6) is 11.5 Å². The summed E-state index contributed by atoms with van der Waals surface area (Å²) in [5, 5.41) is 31.3. The van der Waals surface area contributed by atoms with Crippen molar-refractivity contribution in [3.05, 3.63) is 95.1 Å². The Morgan fingerprint density at radius 3 is 1.52 bits per heavy atom. The van der Waals surface area contributed by atoms with E-state index in [4.69, 9.17) is 14.2 Å². The molecule has 172 valence electrons. The maximum absolute atomic E-state index is 11.9. The van der Waals surface area contributed by atoms with Crippen LogP contribution in [0.1, 0.15) is 35.6 Å². The molecule has 0 saturated carbocycles. The number of benzene rings is 3. The van der Waals surface area contributed by atoms with Crippen molar-refractivity contribution < 1.29 is 29.5 Å². The number of hydrogen-bond acceptors (Lipinski definition) is 6. The van der Waals surface area contributed by atoms with Crippen molar-refractivity contribution in [3.8, 4) is 11.5 Å². The Morgan fingerprint density at radius 2 is 1.09 bits per heavy atom. The minimum absolute atomic E-state index is 0.0592. The van der Waals surface area contributed by atoms with Crippen LogP contribution in [0.15, 0.2) is 72.8 Å². The molecule has 3 saturated heterocycles. The number of phenols is 2. The van der Waals surface area contributed by atoms with Crippen molar-refractivity contribution in [2.45, 2.75) is 31.3 Å². The molecule has 0 aromatic heterocycles. The van der Waals surface area contributed by atoms with Crippen LogP contribution in [-0.4, -0.2) is 41.1 Å². The second-order valence-corrected chi connectivity index (χ2v) is 9.36. The van der Waals surface area contributed by atoms with Crippen molar-refractivity contribution in [2.24, 2.45) is 5.41 Å². The van der Waals surface area contributed by atoms with Crippen molar-refractivity contribution in [1.82, 2.24) is 0 Å². The average molecular weight is 449 g/mol. The van der Waals surface area contributed by atoms with E-state index < -0.39 is 11.6 Å². The maximum Gasteiger partial charge on any atom is 0.283 e. The molecule has 6 nitrogen and oxygen atoms in total. The molecule has 3 aliphatic heterocycles. The van der Waals surface area contributed by atoms with Gasteiger partial charge in [0.05, 0.1) is 19.8 Å². The fourth-order valence-electron chi connectivity index (χ4n) is 4.43. The molecule has 3 aromatic rings. The van der Waals surface area contributed by atoms with Crippen molar-refractivity contribution in [1.29, 1.82) is 0 Å². The zero-order valence-electron chi connectivity index (χ0n) is 18.5. The molecule has 0 aliphatic carbocycles. The van der Waals surface area contributed by atoms with Gasteiger partial charge in [-0.15, -0.1) is 0 Å². The number of phenolic OH excluding ortho intramolecular Hbond substituents is 2. The third kappa shape index (κ3) is 4.11. The van der Waals surface area contributed by atoms with Gasteiger partial charge in [-0.2, -0.15) is 0 Å². The summed E-state index contributed by atoms with van der Waals surface area (Å²) < 4.78 is 17.6. The maximum atomic E-state index is 11.9. The molecule has 3 aliphatic rings. The topological polar surface area (TPSA) is 88.4 Å². The molecule has 3 heterocycles. The third-order valence-corrected chi connectivity index (χ3v) is 6.58. The van der Waals surface area contributed by atoms with Crippen LogP contribution in [-0.2, 0) is 26.2 Å². The predicted octanol–water partition coefficient (Wildman–Crippen LogP) is 4.05. The lowest BCUT2D eigenvalue weighted by Crippen LogP contribution is -2.59. The zero-order valence-corrected chi connectivity index (χ0v) is 18.5. The van der Waals surface area contributed by atoms with E-state index in [0.717, 1.165) is 5.56 Å². The van der Waals surface area contributed by atoms with E-state index in [0.29, 0.717) is 49.4 Å². The molecule has 0 spiro atoms. The molecule has 3 aromatic carbocycles. The van der Waals surface area contributed by atoms with E-state index in [1.807, 2.05) is 24.3 Å². The van der Waals surface area contributed by atoms with Crippen molar-refractivity contribution in [3.63, 3.8) is 0 Å². The standard InChI is InChI=1S/C27H28O6/c1-25-16-31-26(32-17-25,33-18-25)15-14-19-2-4-20(5-3-19)27(30,21-6-10-23(28)11-7-21)22-8-12-24(29)13-9-22/h2-13,28-30H,14-18H2,1H3. The summed E-state index contributed by atoms with van der Waals surface area (Å²) >= 11 is 0. The van der Waals surface area contributed by atoms with Gasteiger partial charge in [-0.25, -0.2) is 0 Å². The monoisotopic (exact) mass is 448 g/mol. The van der Waals surface area contributed by atoms with E-state index >= 15 is 0 Å². The number of hydrogen-bond donors (Lipinski definition) is 3. The number of rotatable bonds is 6. The summed E-state index contributed by atoms with van der Waals surface area (Å²) in [7, 11) is 0. The second kappa shape index (κ2) is 8.15. The summed E-state index contributed by atoms with van der Waals surface area (Å²) in [6, 6.07) is 20.7. The first-order valence-electron chi connectivity index (χ1n) is 11.1. The van der Waals surface area contributed by atoms with E-state index in [1.54, 1.807) is 48.5 Å². The normalized spacial score (nSPS) is 24.7. The number of aryl methyl sites for hydroxylation is 1. The number of aliphatic hydroxyl groups is 1. The molecule has 6 heteroatoms. The van der Waals surface area contributed by atoms with Crippen LogP contribution >= 0.6 is 0 Å². The van der Waals surface area contributed by atoms with Gasteiger partial charge in [0.15, 0.2) is 0 Å². The second-order valence-electron chi connectivity index (χ2n) is 9.36. The van der Waals surface area contributed by atoms with Gasteiger partial charge in [0.25, 0.3) is 5.97 Å². The van der Waals surface area contributed by atoms with Crippen molar-refractivity contribution in [2.75, 3.05) is 19.8 Å². The van der Waals surface area contributed by atoms with Crippen LogP contribution in [0.25, 0.3) is 0 Å². The highest BCUT2D eigenvalue weighted by Gasteiger charge is 2.49. The summed E-state index contributed by atoms with van der Waals surface area (Å²) in [5.41, 5.74) is 1.46. The first-order chi connectivity index (χ1) is 15.8. The Labute approximate surface area is 193 Å². The molecule has 0 unspecified atom stereocenters. The average Bonchev–Trinajstić information content (AvgIpc) is 2.84. The van der Waals surface area contributed by atoms with Crippen LogP contribution in [0.2, 0.25) is 0 Å². The molecule has 33 heavy (non-hydrogen) atoms. The number of fused-ring (bicyclic) bond motifs is 3. The molecular formula is C27H28O6.